The van der Waals surface area contributed by atoms with Crippen LogP contribution in [0.2, 0.25) is 0 Å². The third-order valence-electron chi connectivity index (χ3n) is 4.33. The van der Waals surface area contributed by atoms with Gasteiger partial charge in [-0.15, -0.1) is 0 Å². The van der Waals surface area contributed by atoms with Crippen LogP contribution in [0.25, 0.3) is 0 Å². The molecule has 2 heterocycles. The van der Waals surface area contributed by atoms with Crippen LogP contribution in [-0.4, -0.2) is 30.2 Å². The molecule has 2 bridgehead atoms. The summed E-state index contributed by atoms with van der Waals surface area (Å²) in [6, 6.07) is 0. The van der Waals surface area contributed by atoms with Gasteiger partial charge in [0.2, 0.25) is 0 Å². The molecule has 0 saturated carbocycles. The lowest BCUT2D eigenvalue weighted by atomic mass is 9.89. The van der Waals surface area contributed by atoms with Gasteiger partial charge in [-0.25, -0.2) is 0 Å². The monoisotopic (exact) mass is 140 g/mol. The van der Waals surface area contributed by atoms with E-state index in [1.54, 1.807) is 0 Å². The molecule has 2 aliphatic heterocycles. The fraction of sp³-hybridized carbons (Fsp3) is 1.00. The topological polar surface area (TPSA) is 0 Å². The third kappa shape index (κ3) is 0.531. The quantitative estimate of drug-likeness (QED) is 0.449. The Labute approximate surface area is 63.6 Å². The molecule has 0 amide bonds. The van der Waals surface area contributed by atoms with Crippen LogP contribution in [0.1, 0.15) is 26.7 Å². The Kier molecular flexibility index (Phi) is 1.05. The van der Waals surface area contributed by atoms with Crippen molar-refractivity contribution in [3.05, 3.63) is 0 Å². The first kappa shape index (κ1) is 6.66. The Morgan fingerprint density at radius 1 is 1.20 bits per heavy atom. The standard InChI is InChI=1S/C9H18N/c1-9(2)8-4-6-10(9,3)7-5-8/h8H,4-7H2,1-3H3/q+1. The smallest absolute Gasteiger partial charge is 0.0966 e. The first-order valence-corrected chi connectivity index (χ1v) is 4.41. The average molecular weight is 140 g/mol. The van der Waals surface area contributed by atoms with Crippen molar-refractivity contribution in [3.8, 4) is 0 Å². The summed E-state index contributed by atoms with van der Waals surface area (Å²) in [4.78, 5) is 0. The highest BCUT2D eigenvalue weighted by atomic mass is 15.4. The Hall–Kier alpha value is -0.0400. The maximum atomic E-state index is 2.44. The van der Waals surface area contributed by atoms with Gasteiger partial charge in [0.05, 0.1) is 25.7 Å². The number of hydrogen-bond acceptors (Lipinski definition) is 0. The molecule has 0 N–H and O–H groups in total. The van der Waals surface area contributed by atoms with Gasteiger partial charge in [0.15, 0.2) is 0 Å². The molecule has 10 heavy (non-hydrogen) atoms. The molecule has 0 aromatic carbocycles. The summed E-state index contributed by atoms with van der Waals surface area (Å²) in [5, 5.41) is 0. The molecular formula is C9H18N+. The number of nitrogens with zero attached hydrogens (tertiary/aromatic N) is 1. The molecule has 0 unspecified atom stereocenters. The molecule has 58 valence electrons. The highest BCUT2D eigenvalue weighted by Gasteiger charge is 2.56. The lowest BCUT2D eigenvalue weighted by molar-refractivity contribution is -0.933. The molecule has 0 radical (unpaired) electrons. The number of hydrogen-bond donors (Lipinski definition) is 0. The minimum atomic E-state index is 0.597. The lowest BCUT2D eigenvalue weighted by Crippen LogP contribution is -2.51. The van der Waals surface area contributed by atoms with Crippen molar-refractivity contribution < 1.29 is 4.48 Å². The second-order valence-electron chi connectivity index (χ2n) is 4.77. The van der Waals surface area contributed by atoms with Crippen LogP contribution in [-0.2, 0) is 0 Å². The largest absolute Gasteiger partial charge is 0.321 e. The van der Waals surface area contributed by atoms with Crippen molar-refractivity contribution in [3.63, 3.8) is 0 Å². The van der Waals surface area contributed by atoms with Crippen molar-refractivity contribution in [1.29, 1.82) is 0 Å². The predicted octanol–water partition coefficient (Wildman–Crippen LogP) is 1.64. The van der Waals surface area contributed by atoms with Gasteiger partial charge in [-0.3, -0.25) is 0 Å². The van der Waals surface area contributed by atoms with E-state index in [0.717, 1.165) is 5.92 Å². The number of fused-ring (bicyclic) bond motifs is 2. The zero-order valence-electron chi connectivity index (χ0n) is 7.35. The van der Waals surface area contributed by atoms with Gasteiger partial charge in [-0.2, -0.15) is 0 Å². The van der Waals surface area contributed by atoms with E-state index in [0.29, 0.717) is 5.54 Å². The first-order valence-electron chi connectivity index (χ1n) is 4.41. The van der Waals surface area contributed by atoms with Gasteiger partial charge in [0.1, 0.15) is 0 Å². The summed E-state index contributed by atoms with van der Waals surface area (Å²) in [7, 11) is 2.42. The van der Waals surface area contributed by atoms with Crippen LogP contribution in [0, 0.1) is 5.92 Å². The number of quaternary nitrogens is 1. The molecule has 0 atom stereocenters. The minimum Gasteiger partial charge on any atom is -0.321 e. The van der Waals surface area contributed by atoms with E-state index < -0.39 is 0 Å². The normalized spacial score (nSPS) is 50.1. The van der Waals surface area contributed by atoms with E-state index >= 15 is 0 Å². The Balaban J connectivity index is 2.37. The van der Waals surface area contributed by atoms with Crippen molar-refractivity contribution in [2.45, 2.75) is 32.2 Å². The zero-order chi connectivity index (χ0) is 7.41. The molecule has 1 nitrogen and oxygen atoms in total. The third-order valence-corrected chi connectivity index (χ3v) is 4.33. The Morgan fingerprint density at radius 2 is 1.70 bits per heavy atom. The maximum absolute atomic E-state index is 2.44. The Bertz CT molecular complexity index is 149. The van der Waals surface area contributed by atoms with Gasteiger partial charge >= 0.3 is 0 Å². The highest BCUT2D eigenvalue weighted by molar-refractivity contribution is 4.90. The molecule has 0 spiro atoms. The SMILES string of the molecule is CC1(C)C2CC[N+]1(C)CC2. The molecule has 2 aliphatic rings. The molecule has 0 aromatic heterocycles. The van der Waals surface area contributed by atoms with E-state index in [2.05, 4.69) is 20.9 Å². The van der Waals surface area contributed by atoms with Crippen LogP contribution >= 0.6 is 0 Å². The summed E-state index contributed by atoms with van der Waals surface area (Å²) < 4.78 is 1.34. The predicted molar refractivity (Wildman–Crippen MR) is 42.7 cm³/mol. The second kappa shape index (κ2) is 1.58. The van der Waals surface area contributed by atoms with Crippen LogP contribution in [0.5, 0.6) is 0 Å². The molecule has 0 aromatic rings. The maximum Gasteiger partial charge on any atom is 0.0966 e. The fourth-order valence-corrected chi connectivity index (χ4v) is 2.86. The van der Waals surface area contributed by atoms with Crippen molar-refractivity contribution in [2.75, 3.05) is 20.1 Å². The van der Waals surface area contributed by atoms with Gasteiger partial charge in [0.25, 0.3) is 0 Å². The molecule has 2 saturated heterocycles. The molecule has 0 aliphatic carbocycles. The Morgan fingerprint density at radius 3 is 1.80 bits per heavy atom. The molecule has 2 rings (SSSR count). The molecule has 1 heteroatoms. The van der Waals surface area contributed by atoms with Crippen LogP contribution < -0.4 is 0 Å². The van der Waals surface area contributed by atoms with Gasteiger partial charge in [-0.05, 0) is 13.8 Å². The molecule has 2 fully saturated rings. The van der Waals surface area contributed by atoms with Gasteiger partial charge in [-0.1, -0.05) is 0 Å². The minimum absolute atomic E-state index is 0.597. The summed E-state index contributed by atoms with van der Waals surface area (Å²) in [5.74, 6) is 1.03. The lowest BCUT2D eigenvalue weighted by Gasteiger charge is -2.38. The van der Waals surface area contributed by atoms with Gasteiger partial charge < -0.3 is 4.48 Å². The zero-order valence-corrected chi connectivity index (χ0v) is 7.35. The summed E-state index contributed by atoms with van der Waals surface area (Å²) in [5.41, 5.74) is 0.597. The van der Waals surface area contributed by atoms with Crippen LogP contribution in [0.15, 0.2) is 0 Å². The van der Waals surface area contributed by atoms with E-state index in [1.165, 1.54) is 30.4 Å². The van der Waals surface area contributed by atoms with Crippen LogP contribution in [0.4, 0.5) is 0 Å². The van der Waals surface area contributed by atoms with Crippen molar-refractivity contribution >= 4 is 0 Å². The first-order chi connectivity index (χ1) is 4.56. The summed E-state index contributed by atoms with van der Waals surface area (Å²) >= 11 is 0. The number of rotatable bonds is 0. The van der Waals surface area contributed by atoms with E-state index in [4.69, 9.17) is 0 Å². The average Bonchev–Trinajstić information content (AvgIpc) is 2.18. The van der Waals surface area contributed by atoms with Crippen molar-refractivity contribution in [1.82, 2.24) is 0 Å². The van der Waals surface area contributed by atoms with Crippen molar-refractivity contribution in [2.24, 2.45) is 5.92 Å². The van der Waals surface area contributed by atoms with Gasteiger partial charge in [0, 0.05) is 18.8 Å². The van der Waals surface area contributed by atoms with Crippen LogP contribution in [0.3, 0.4) is 0 Å². The van der Waals surface area contributed by atoms with E-state index in [9.17, 15) is 0 Å². The van der Waals surface area contributed by atoms with E-state index in [1.807, 2.05) is 0 Å². The summed E-state index contributed by atoms with van der Waals surface area (Å²) in [6.07, 6.45) is 2.95. The number of piperidine rings is 1. The van der Waals surface area contributed by atoms with E-state index in [-0.39, 0.29) is 0 Å². The highest BCUT2D eigenvalue weighted by Crippen LogP contribution is 2.47. The second-order valence-corrected chi connectivity index (χ2v) is 4.77. The fourth-order valence-electron chi connectivity index (χ4n) is 2.86. The molecular weight excluding hydrogens is 122 g/mol. The summed E-state index contributed by atoms with van der Waals surface area (Å²) in [6.45, 7) is 7.74.